The molecule has 0 bridgehead atoms. The lowest BCUT2D eigenvalue weighted by Gasteiger charge is -2.18. The highest BCUT2D eigenvalue weighted by atomic mass is 16.3. The van der Waals surface area contributed by atoms with Crippen LogP contribution in [0.3, 0.4) is 0 Å². The van der Waals surface area contributed by atoms with E-state index < -0.39 is 0 Å². The zero-order chi connectivity index (χ0) is 13.9. The molecule has 3 rings (SSSR count). The summed E-state index contributed by atoms with van der Waals surface area (Å²) in [6.45, 7) is 3.78. The number of nitrogens with one attached hydrogen (secondary N) is 1. The van der Waals surface area contributed by atoms with Gasteiger partial charge < -0.3 is 10.4 Å². The lowest BCUT2D eigenvalue weighted by Crippen LogP contribution is -2.17. The Morgan fingerprint density at radius 2 is 1.80 bits per heavy atom. The number of rotatable bonds is 5. The molecule has 1 atom stereocenters. The van der Waals surface area contributed by atoms with E-state index in [9.17, 15) is 5.11 Å². The molecular formula is C18H19NO. The first-order valence-corrected chi connectivity index (χ1v) is 7.04. The monoisotopic (exact) mass is 265 g/mol. The topological polar surface area (TPSA) is 32.3 Å². The largest absolute Gasteiger partial charge is 0.508 e. The lowest BCUT2D eigenvalue weighted by atomic mass is 9.97. The van der Waals surface area contributed by atoms with Gasteiger partial charge in [0.15, 0.2) is 0 Å². The second-order valence-corrected chi connectivity index (χ2v) is 5.36. The molecule has 0 saturated heterocycles. The summed E-state index contributed by atoms with van der Waals surface area (Å²) in [6, 6.07) is 16.3. The molecule has 1 fully saturated rings. The molecule has 1 saturated carbocycles. The Labute approximate surface area is 119 Å². The molecule has 2 aromatic rings. The molecule has 102 valence electrons. The van der Waals surface area contributed by atoms with Crippen molar-refractivity contribution in [2.24, 2.45) is 5.92 Å². The zero-order valence-electron chi connectivity index (χ0n) is 11.4. The summed E-state index contributed by atoms with van der Waals surface area (Å²) in [5.74, 6) is 1.02. The Bertz CT molecular complexity index is 616. The number of aromatic hydroxyl groups is 1. The van der Waals surface area contributed by atoms with Gasteiger partial charge in [0.05, 0.1) is 6.04 Å². The highest BCUT2D eigenvalue weighted by Gasteiger charge is 2.31. The first-order chi connectivity index (χ1) is 9.78. The minimum absolute atomic E-state index is 0.302. The van der Waals surface area contributed by atoms with Gasteiger partial charge in [0.1, 0.15) is 5.75 Å². The van der Waals surface area contributed by atoms with Gasteiger partial charge in [-0.25, -0.2) is 0 Å². The molecular weight excluding hydrogens is 246 g/mol. The van der Waals surface area contributed by atoms with Gasteiger partial charge in [0.2, 0.25) is 0 Å². The predicted molar refractivity (Wildman–Crippen MR) is 82.3 cm³/mol. The van der Waals surface area contributed by atoms with Crippen LogP contribution >= 0.6 is 0 Å². The van der Waals surface area contributed by atoms with Crippen molar-refractivity contribution in [1.29, 1.82) is 0 Å². The molecule has 2 nitrogen and oxygen atoms in total. The van der Waals surface area contributed by atoms with Crippen molar-refractivity contribution in [3.63, 3.8) is 0 Å². The number of phenolic OH excluding ortho intramolecular Hbond substituents is 1. The van der Waals surface area contributed by atoms with Gasteiger partial charge in [-0.1, -0.05) is 36.9 Å². The standard InChI is InChI=1S/C18H19NO/c1-2-19-18(13-9-10-13)16-7-3-5-14(11-16)15-6-4-8-17(20)12-15/h2-8,11-13,18-20H,1,9-10H2. The number of phenols is 1. The Kier molecular flexibility index (Phi) is 3.46. The van der Waals surface area contributed by atoms with Gasteiger partial charge in [-0.2, -0.15) is 0 Å². The number of hydrogen-bond acceptors (Lipinski definition) is 2. The summed E-state index contributed by atoms with van der Waals surface area (Å²) in [6.07, 6.45) is 4.34. The first-order valence-electron chi connectivity index (χ1n) is 7.04. The molecule has 1 aliphatic carbocycles. The van der Waals surface area contributed by atoms with Crippen LogP contribution in [0.2, 0.25) is 0 Å². The Morgan fingerprint density at radius 3 is 2.45 bits per heavy atom. The van der Waals surface area contributed by atoms with E-state index in [1.807, 2.05) is 12.1 Å². The third-order valence-electron chi connectivity index (χ3n) is 3.82. The van der Waals surface area contributed by atoms with Crippen LogP contribution in [0.25, 0.3) is 11.1 Å². The summed E-state index contributed by atoms with van der Waals surface area (Å²) in [7, 11) is 0. The average Bonchev–Trinajstić information content (AvgIpc) is 3.29. The van der Waals surface area contributed by atoms with Crippen molar-refractivity contribution >= 4 is 0 Å². The van der Waals surface area contributed by atoms with E-state index in [0.717, 1.165) is 11.1 Å². The Hall–Kier alpha value is -2.22. The second-order valence-electron chi connectivity index (χ2n) is 5.36. The van der Waals surface area contributed by atoms with Crippen LogP contribution in [-0.2, 0) is 0 Å². The van der Waals surface area contributed by atoms with E-state index >= 15 is 0 Å². The van der Waals surface area contributed by atoms with E-state index in [1.54, 1.807) is 18.3 Å². The van der Waals surface area contributed by atoms with E-state index in [0.29, 0.717) is 17.7 Å². The van der Waals surface area contributed by atoms with Crippen molar-refractivity contribution in [2.75, 3.05) is 0 Å². The van der Waals surface area contributed by atoms with Crippen molar-refractivity contribution in [3.8, 4) is 16.9 Å². The number of hydrogen-bond donors (Lipinski definition) is 2. The molecule has 20 heavy (non-hydrogen) atoms. The molecule has 0 aliphatic heterocycles. The SMILES string of the molecule is C=CNC(c1cccc(-c2cccc(O)c2)c1)C1CC1. The second kappa shape index (κ2) is 5.41. The normalized spacial score (nSPS) is 15.6. The van der Waals surface area contributed by atoms with Crippen molar-refractivity contribution in [1.82, 2.24) is 5.32 Å². The zero-order valence-corrected chi connectivity index (χ0v) is 11.4. The molecule has 0 amide bonds. The van der Waals surface area contributed by atoms with Crippen LogP contribution < -0.4 is 5.32 Å². The minimum Gasteiger partial charge on any atom is -0.508 e. The van der Waals surface area contributed by atoms with Gasteiger partial charge in [-0.15, -0.1) is 0 Å². The molecule has 2 N–H and O–H groups in total. The quantitative estimate of drug-likeness (QED) is 0.847. The maximum Gasteiger partial charge on any atom is 0.116 e. The fourth-order valence-electron chi connectivity index (χ4n) is 2.66. The van der Waals surface area contributed by atoms with Crippen LogP contribution in [0.4, 0.5) is 0 Å². The maximum atomic E-state index is 9.61. The first kappa shape index (κ1) is 12.8. The molecule has 0 heterocycles. The van der Waals surface area contributed by atoms with E-state index in [1.165, 1.54) is 18.4 Å². The van der Waals surface area contributed by atoms with Crippen LogP contribution in [0.1, 0.15) is 24.4 Å². The van der Waals surface area contributed by atoms with E-state index in [4.69, 9.17) is 0 Å². The molecule has 0 aromatic heterocycles. The highest BCUT2D eigenvalue weighted by molar-refractivity contribution is 5.65. The predicted octanol–water partition coefficient (Wildman–Crippen LogP) is 4.24. The van der Waals surface area contributed by atoms with Gasteiger partial charge in [-0.05, 0) is 59.8 Å². The van der Waals surface area contributed by atoms with Gasteiger partial charge in [0.25, 0.3) is 0 Å². The average molecular weight is 265 g/mol. The smallest absolute Gasteiger partial charge is 0.116 e. The van der Waals surface area contributed by atoms with Crippen LogP contribution in [0, 0.1) is 5.92 Å². The van der Waals surface area contributed by atoms with Crippen LogP contribution in [-0.4, -0.2) is 5.11 Å². The van der Waals surface area contributed by atoms with E-state index in [-0.39, 0.29) is 0 Å². The summed E-state index contributed by atoms with van der Waals surface area (Å²) in [5.41, 5.74) is 3.46. The molecule has 0 spiro atoms. The van der Waals surface area contributed by atoms with Crippen LogP contribution in [0.15, 0.2) is 61.3 Å². The summed E-state index contributed by atoms with van der Waals surface area (Å²) in [4.78, 5) is 0. The molecule has 2 aromatic carbocycles. The van der Waals surface area contributed by atoms with Crippen LogP contribution in [0.5, 0.6) is 5.75 Å². The van der Waals surface area contributed by atoms with Crippen molar-refractivity contribution in [2.45, 2.75) is 18.9 Å². The molecule has 2 heteroatoms. The third kappa shape index (κ3) is 2.69. The molecule has 0 radical (unpaired) electrons. The number of benzene rings is 2. The van der Waals surface area contributed by atoms with E-state index in [2.05, 4.69) is 36.2 Å². The maximum absolute atomic E-state index is 9.61. The lowest BCUT2D eigenvalue weighted by molar-refractivity contribution is 0.475. The molecule has 1 aliphatic rings. The summed E-state index contributed by atoms with van der Waals surface area (Å²) in [5, 5.41) is 13.0. The fraction of sp³-hybridized carbons (Fsp3) is 0.222. The molecule has 1 unspecified atom stereocenters. The van der Waals surface area contributed by atoms with Gasteiger partial charge >= 0.3 is 0 Å². The van der Waals surface area contributed by atoms with Gasteiger partial charge in [-0.3, -0.25) is 0 Å². The van der Waals surface area contributed by atoms with Gasteiger partial charge in [0, 0.05) is 0 Å². The fourth-order valence-corrected chi connectivity index (χ4v) is 2.66. The summed E-state index contributed by atoms with van der Waals surface area (Å²) < 4.78 is 0. The third-order valence-corrected chi connectivity index (χ3v) is 3.82. The Morgan fingerprint density at radius 1 is 1.10 bits per heavy atom. The highest BCUT2D eigenvalue weighted by Crippen LogP contribution is 2.41. The van der Waals surface area contributed by atoms with Crippen molar-refractivity contribution in [3.05, 3.63) is 66.9 Å². The minimum atomic E-state index is 0.302. The van der Waals surface area contributed by atoms with Crippen molar-refractivity contribution < 1.29 is 5.11 Å². The Balaban J connectivity index is 1.94. The summed E-state index contributed by atoms with van der Waals surface area (Å²) >= 11 is 0.